The Kier molecular flexibility index (Phi) is 4.86. The largest absolute Gasteiger partial charge is 0.373 e. The van der Waals surface area contributed by atoms with E-state index in [4.69, 9.17) is 0 Å². The van der Waals surface area contributed by atoms with Gasteiger partial charge in [0.15, 0.2) is 9.84 Å². The van der Waals surface area contributed by atoms with Crippen molar-refractivity contribution in [1.29, 1.82) is 0 Å². The lowest BCUT2D eigenvalue weighted by Crippen LogP contribution is -2.14. The number of hydrogen-bond acceptors (Lipinski definition) is 4. The van der Waals surface area contributed by atoms with E-state index in [0.29, 0.717) is 4.90 Å². The van der Waals surface area contributed by atoms with Crippen LogP contribution in [0.25, 0.3) is 0 Å². The van der Waals surface area contributed by atoms with Gasteiger partial charge in [-0.1, -0.05) is 35.9 Å². The maximum absolute atomic E-state index is 11.6. The van der Waals surface area contributed by atoms with Crippen molar-refractivity contribution < 1.29 is 8.42 Å². The Morgan fingerprint density at radius 1 is 0.960 bits per heavy atom. The van der Waals surface area contributed by atoms with E-state index in [2.05, 4.69) is 35.4 Å². The van der Waals surface area contributed by atoms with Crippen LogP contribution in [0.3, 0.4) is 0 Å². The van der Waals surface area contributed by atoms with Crippen LogP contribution in [0.15, 0.2) is 77.8 Å². The quantitative estimate of drug-likeness (QED) is 0.754. The molecule has 2 aromatic carbocycles. The summed E-state index contributed by atoms with van der Waals surface area (Å²) in [5.41, 5.74) is 4.02. The second kappa shape index (κ2) is 7.07. The molecule has 0 saturated carbocycles. The van der Waals surface area contributed by atoms with E-state index in [1.165, 1.54) is 11.8 Å². The summed E-state index contributed by atoms with van der Waals surface area (Å²) in [5.74, 6) is 0. The second-order valence-corrected chi connectivity index (χ2v) is 8.06. The predicted octanol–water partition coefficient (Wildman–Crippen LogP) is 4.00. The molecule has 0 aliphatic carbocycles. The third-order valence-electron chi connectivity index (χ3n) is 3.95. The minimum atomic E-state index is -3.20. The van der Waals surface area contributed by atoms with E-state index >= 15 is 0 Å². The lowest BCUT2D eigenvalue weighted by Gasteiger charge is -2.20. The highest BCUT2D eigenvalue weighted by atomic mass is 32.2. The van der Waals surface area contributed by atoms with Gasteiger partial charge in [-0.3, -0.25) is 4.98 Å². The zero-order valence-electron chi connectivity index (χ0n) is 14.2. The molecule has 1 N–H and O–H groups in total. The molecule has 0 aliphatic heterocycles. The molecule has 0 radical (unpaired) electrons. The van der Waals surface area contributed by atoms with Crippen LogP contribution in [0.5, 0.6) is 0 Å². The van der Waals surface area contributed by atoms with Crippen LogP contribution in [-0.4, -0.2) is 19.7 Å². The number of nitrogens with one attached hydrogen (secondary N) is 1. The van der Waals surface area contributed by atoms with Crippen molar-refractivity contribution in [3.8, 4) is 0 Å². The van der Waals surface area contributed by atoms with E-state index in [-0.39, 0.29) is 6.04 Å². The van der Waals surface area contributed by atoms with E-state index in [1.807, 2.05) is 24.3 Å². The van der Waals surface area contributed by atoms with E-state index < -0.39 is 9.84 Å². The Hall–Kier alpha value is -2.66. The lowest BCUT2D eigenvalue weighted by atomic mass is 10.0. The number of anilines is 1. The number of benzene rings is 2. The van der Waals surface area contributed by atoms with Gasteiger partial charge in [-0.2, -0.15) is 0 Å². The Morgan fingerprint density at radius 3 is 2.32 bits per heavy atom. The molecule has 1 heterocycles. The minimum absolute atomic E-state index is 0.120. The highest BCUT2D eigenvalue weighted by Gasteiger charge is 2.16. The first kappa shape index (κ1) is 17.2. The van der Waals surface area contributed by atoms with Gasteiger partial charge in [0, 0.05) is 18.1 Å². The molecule has 4 nitrogen and oxygen atoms in total. The number of sulfone groups is 1. The smallest absolute Gasteiger partial charge is 0.175 e. The molecule has 25 heavy (non-hydrogen) atoms. The van der Waals surface area contributed by atoms with Crippen molar-refractivity contribution in [3.63, 3.8) is 0 Å². The number of pyridine rings is 1. The fourth-order valence-corrected chi connectivity index (χ4v) is 3.32. The molecule has 0 bridgehead atoms. The third-order valence-corrected chi connectivity index (χ3v) is 5.08. The Bertz CT molecular complexity index is 953. The third kappa shape index (κ3) is 4.25. The van der Waals surface area contributed by atoms with Gasteiger partial charge >= 0.3 is 0 Å². The monoisotopic (exact) mass is 352 g/mol. The number of aryl methyl sites for hydroxylation is 1. The van der Waals surface area contributed by atoms with Crippen molar-refractivity contribution >= 4 is 15.5 Å². The van der Waals surface area contributed by atoms with Crippen LogP contribution in [-0.2, 0) is 9.84 Å². The minimum Gasteiger partial charge on any atom is -0.373 e. The van der Waals surface area contributed by atoms with Gasteiger partial charge in [-0.15, -0.1) is 0 Å². The van der Waals surface area contributed by atoms with Gasteiger partial charge in [0.05, 0.1) is 16.6 Å². The second-order valence-electron chi connectivity index (χ2n) is 6.04. The first-order valence-corrected chi connectivity index (χ1v) is 9.87. The van der Waals surface area contributed by atoms with Crippen LogP contribution in [0.2, 0.25) is 0 Å². The number of aromatic nitrogens is 1. The summed E-state index contributed by atoms with van der Waals surface area (Å²) < 4.78 is 23.2. The maximum atomic E-state index is 11.6. The Morgan fingerprint density at radius 2 is 1.72 bits per heavy atom. The summed E-state index contributed by atoms with van der Waals surface area (Å²) >= 11 is 0. The van der Waals surface area contributed by atoms with E-state index in [1.54, 1.807) is 30.5 Å². The fraction of sp³-hybridized carbons (Fsp3) is 0.150. The topological polar surface area (TPSA) is 59.1 Å². The lowest BCUT2D eigenvalue weighted by molar-refractivity contribution is 0.602. The van der Waals surface area contributed by atoms with Gasteiger partial charge < -0.3 is 5.32 Å². The molecule has 0 aliphatic rings. The van der Waals surface area contributed by atoms with Crippen LogP contribution in [0, 0.1) is 6.92 Å². The molecule has 0 spiro atoms. The summed E-state index contributed by atoms with van der Waals surface area (Å²) in [7, 11) is -3.20. The Balaban J connectivity index is 1.96. The summed E-state index contributed by atoms with van der Waals surface area (Å²) in [6.45, 7) is 2.06. The van der Waals surface area contributed by atoms with Crippen molar-refractivity contribution in [2.45, 2.75) is 17.9 Å². The first-order chi connectivity index (χ1) is 11.9. The van der Waals surface area contributed by atoms with Crippen LogP contribution in [0.4, 0.5) is 5.69 Å². The van der Waals surface area contributed by atoms with Crippen molar-refractivity contribution in [2.75, 3.05) is 11.6 Å². The molecule has 0 saturated heterocycles. The zero-order valence-corrected chi connectivity index (χ0v) is 15.0. The van der Waals surface area contributed by atoms with Crippen molar-refractivity contribution in [1.82, 2.24) is 4.98 Å². The molecule has 3 aromatic rings. The Labute approximate surface area is 148 Å². The van der Waals surface area contributed by atoms with E-state index in [0.717, 1.165) is 16.9 Å². The molecule has 1 atom stereocenters. The molecule has 1 unspecified atom stereocenters. The van der Waals surface area contributed by atoms with Crippen LogP contribution >= 0.6 is 0 Å². The zero-order chi connectivity index (χ0) is 17.9. The van der Waals surface area contributed by atoms with Crippen LogP contribution < -0.4 is 5.32 Å². The van der Waals surface area contributed by atoms with E-state index in [9.17, 15) is 8.42 Å². The van der Waals surface area contributed by atoms with Gasteiger partial charge in [0.1, 0.15) is 0 Å². The first-order valence-electron chi connectivity index (χ1n) is 7.97. The standard InChI is InChI=1S/C20H20N2O2S/c1-15-6-5-7-16(14-15)20(19-8-3-4-13-21-19)22-17-9-11-18(12-10-17)25(2,23)24/h3-14,20,22H,1-2H3. The molecule has 1 aromatic heterocycles. The summed E-state index contributed by atoms with van der Waals surface area (Å²) in [6, 6.07) is 20.8. The number of hydrogen-bond donors (Lipinski definition) is 1. The van der Waals surface area contributed by atoms with Crippen LogP contribution in [0.1, 0.15) is 22.9 Å². The molecular weight excluding hydrogens is 332 g/mol. The number of nitrogens with zero attached hydrogens (tertiary/aromatic N) is 1. The molecule has 5 heteroatoms. The highest BCUT2D eigenvalue weighted by molar-refractivity contribution is 7.90. The summed E-state index contributed by atoms with van der Waals surface area (Å²) in [4.78, 5) is 4.79. The average molecular weight is 352 g/mol. The molecule has 0 fully saturated rings. The van der Waals surface area contributed by atoms with Gasteiger partial charge in [0.25, 0.3) is 0 Å². The highest BCUT2D eigenvalue weighted by Crippen LogP contribution is 2.26. The predicted molar refractivity (Wildman–Crippen MR) is 100 cm³/mol. The molecule has 0 amide bonds. The summed E-state index contributed by atoms with van der Waals surface area (Å²) in [6.07, 6.45) is 2.98. The SMILES string of the molecule is Cc1cccc(C(Nc2ccc(S(C)(=O)=O)cc2)c2ccccn2)c1. The fourth-order valence-electron chi connectivity index (χ4n) is 2.69. The van der Waals surface area contributed by atoms with Gasteiger partial charge in [-0.25, -0.2) is 8.42 Å². The normalized spacial score (nSPS) is 12.6. The average Bonchev–Trinajstić information content (AvgIpc) is 2.60. The van der Waals surface area contributed by atoms with Crippen molar-refractivity contribution in [3.05, 3.63) is 89.7 Å². The van der Waals surface area contributed by atoms with Gasteiger partial charge in [0.2, 0.25) is 0 Å². The molecular formula is C20H20N2O2S. The summed E-state index contributed by atoms with van der Waals surface area (Å²) in [5, 5.41) is 3.46. The maximum Gasteiger partial charge on any atom is 0.175 e. The molecule has 128 valence electrons. The molecule has 3 rings (SSSR count). The van der Waals surface area contributed by atoms with Gasteiger partial charge in [-0.05, 0) is 48.9 Å². The van der Waals surface area contributed by atoms with Crippen molar-refractivity contribution in [2.24, 2.45) is 0 Å². The number of rotatable bonds is 5.